The van der Waals surface area contributed by atoms with Crippen molar-refractivity contribution in [3.8, 4) is 0 Å². The zero-order valence-corrected chi connectivity index (χ0v) is 13.8. The summed E-state index contributed by atoms with van der Waals surface area (Å²) in [6, 6.07) is 12.9. The molecule has 8 nitrogen and oxygen atoms in total. The van der Waals surface area contributed by atoms with E-state index in [1.807, 2.05) is 18.2 Å². The lowest BCUT2D eigenvalue weighted by molar-refractivity contribution is 0.0187. The zero-order chi connectivity index (χ0) is 19.1. The number of nitrogens with one attached hydrogen (secondary N) is 1. The van der Waals surface area contributed by atoms with Crippen LogP contribution in [0.5, 0.6) is 0 Å². The predicted molar refractivity (Wildman–Crippen MR) is 93.4 cm³/mol. The van der Waals surface area contributed by atoms with Gasteiger partial charge in [0, 0.05) is 17.8 Å². The molecule has 2 rings (SSSR count). The number of carbonyl (C=O) groups excluding carboxylic acids is 1. The van der Waals surface area contributed by atoms with Gasteiger partial charge in [0.1, 0.15) is 18.8 Å². The Morgan fingerprint density at radius 3 is 2.46 bits per heavy atom. The Morgan fingerprint density at radius 2 is 1.81 bits per heavy atom. The van der Waals surface area contributed by atoms with Crippen LogP contribution in [0.25, 0.3) is 0 Å². The molecule has 2 aromatic carbocycles. The fraction of sp³-hybridized carbons (Fsp3) is 0.222. The van der Waals surface area contributed by atoms with Crippen LogP contribution in [0.2, 0.25) is 0 Å². The summed E-state index contributed by atoms with van der Waals surface area (Å²) in [6.45, 7) is -0.232. The highest BCUT2D eigenvalue weighted by atomic mass is 16.5. The van der Waals surface area contributed by atoms with E-state index in [4.69, 9.17) is 15.6 Å². The smallest absolute Gasteiger partial charge is 0.407 e. The van der Waals surface area contributed by atoms with Crippen molar-refractivity contribution in [1.29, 1.82) is 0 Å². The second-order valence-corrected chi connectivity index (χ2v) is 5.60. The number of nitrogens with two attached hydrogens (primary N) is 1. The largest absolute Gasteiger partial charge is 0.478 e. The molecule has 0 radical (unpaired) electrons. The van der Waals surface area contributed by atoms with E-state index < -0.39 is 24.3 Å². The van der Waals surface area contributed by atoms with Crippen molar-refractivity contribution in [3.63, 3.8) is 0 Å². The number of carbonyl (C=O) groups is 2. The summed E-state index contributed by atoms with van der Waals surface area (Å²) in [6.07, 6.45) is -3.62. The van der Waals surface area contributed by atoms with Crippen LogP contribution in [0.15, 0.2) is 48.5 Å². The molecule has 8 heteroatoms. The molecule has 2 atom stereocenters. The third-order valence-corrected chi connectivity index (χ3v) is 3.69. The highest BCUT2D eigenvalue weighted by molar-refractivity contribution is 5.88. The number of hydrogen-bond acceptors (Lipinski definition) is 6. The molecule has 2 aromatic rings. The molecular formula is C18H20N2O6. The van der Waals surface area contributed by atoms with Gasteiger partial charge in [0.25, 0.3) is 0 Å². The molecule has 2 unspecified atom stereocenters. The first-order chi connectivity index (χ1) is 12.4. The summed E-state index contributed by atoms with van der Waals surface area (Å²) in [5.74, 6) is -1.18. The number of aliphatic hydroxyl groups excluding tert-OH is 2. The Hall–Kier alpha value is -3.10. The normalized spacial score (nSPS) is 12.8. The second kappa shape index (κ2) is 8.84. The van der Waals surface area contributed by atoms with E-state index in [0.717, 1.165) is 5.56 Å². The number of anilines is 1. The van der Waals surface area contributed by atoms with Crippen LogP contribution in [0, 0.1) is 0 Å². The number of nitrogen functional groups attached to an aromatic ring is 1. The van der Waals surface area contributed by atoms with Crippen molar-refractivity contribution in [2.75, 3.05) is 12.3 Å². The van der Waals surface area contributed by atoms with Gasteiger partial charge in [-0.05, 0) is 23.8 Å². The Morgan fingerprint density at radius 1 is 1.12 bits per heavy atom. The van der Waals surface area contributed by atoms with Gasteiger partial charge in [0.05, 0.1) is 5.56 Å². The van der Waals surface area contributed by atoms with Gasteiger partial charge >= 0.3 is 12.1 Å². The van der Waals surface area contributed by atoms with E-state index in [0.29, 0.717) is 0 Å². The van der Waals surface area contributed by atoms with Crippen molar-refractivity contribution in [2.24, 2.45) is 0 Å². The molecule has 0 saturated carbocycles. The average Bonchev–Trinajstić information content (AvgIpc) is 2.64. The number of amides is 1. The fourth-order valence-corrected chi connectivity index (χ4v) is 2.24. The summed E-state index contributed by atoms with van der Waals surface area (Å²) < 4.78 is 4.99. The van der Waals surface area contributed by atoms with Crippen LogP contribution >= 0.6 is 0 Å². The predicted octanol–water partition coefficient (Wildman–Crippen LogP) is 1.29. The zero-order valence-electron chi connectivity index (χ0n) is 13.8. The third kappa shape index (κ3) is 5.20. The highest BCUT2D eigenvalue weighted by Gasteiger charge is 2.22. The molecule has 1 amide bonds. The van der Waals surface area contributed by atoms with E-state index >= 15 is 0 Å². The van der Waals surface area contributed by atoms with Crippen molar-refractivity contribution in [2.45, 2.75) is 18.8 Å². The number of carboxylic acids is 1. The molecule has 0 fully saturated rings. The van der Waals surface area contributed by atoms with Crippen molar-refractivity contribution in [3.05, 3.63) is 65.2 Å². The first-order valence-corrected chi connectivity index (χ1v) is 7.82. The van der Waals surface area contributed by atoms with Crippen LogP contribution in [-0.2, 0) is 11.3 Å². The molecule has 0 saturated heterocycles. The molecule has 0 spiro atoms. The molecule has 0 bridgehead atoms. The number of alkyl carbamates (subject to hydrolysis) is 1. The number of carboxylic acid groups (broad SMARTS) is 1. The molecule has 138 valence electrons. The Balaban J connectivity index is 1.88. The minimum atomic E-state index is -1.47. The molecular weight excluding hydrogens is 340 g/mol. The highest BCUT2D eigenvalue weighted by Crippen LogP contribution is 2.24. The molecule has 0 aliphatic carbocycles. The van der Waals surface area contributed by atoms with Gasteiger partial charge in [-0.15, -0.1) is 0 Å². The number of ether oxygens (including phenoxy) is 1. The van der Waals surface area contributed by atoms with Crippen molar-refractivity contribution in [1.82, 2.24) is 5.32 Å². The second-order valence-electron chi connectivity index (χ2n) is 5.60. The summed E-state index contributed by atoms with van der Waals surface area (Å²) in [4.78, 5) is 22.7. The fourth-order valence-electron chi connectivity index (χ4n) is 2.24. The molecule has 26 heavy (non-hydrogen) atoms. The van der Waals surface area contributed by atoms with Gasteiger partial charge < -0.3 is 31.1 Å². The maximum Gasteiger partial charge on any atom is 0.407 e. The average molecular weight is 360 g/mol. The van der Waals surface area contributed by atoms with E-state index in [2.05, 4.69) is 5.32 Å². The van der Waals surface area contributed by atoms with E-state index in [9.17, 15) is 19.8 Å². The Labute approximate surface area is 149 Å². The maximum atomic E-state index is 11.7. The molecule has 6 N–H and O–H groups in total. The van der Waals surface area contributed by atoms with Gasteiger partial charge in [-0.3, -0.25) is 0 Å². The number of rotatable bonds is 7. The van der Waals surface area contributed by atoms with Crippen LogP contribution in [0.4, 0.5) is 10.5 Å². The molecule has 0 aliphatic rings. The number of hydrogen-bond donors (Lipinski definition) is 5. The molecule has 0 heterocycles. The van der Waals surface area contributed by atoms with Gasteiger partial charge in [-0.1, -0.05) is 30.3 Å². The first kappa shape index (κ1) is 19.2. The van der Waals surface area contributed by atoms with Crippen molar-refractivity contribution < 1.29 is 29.6 Å². The Kier molecular flexibility index (Phi) is 6.54. The standard InChI is InChI=1S/C18H20N2O6/c19-14-7-6-12(17(23)24)8-13(14)16(22)15(21)9-20-18(25)26-10-11-4-2-1-3-5-11/h1-8,15-16,21-22H,9-10,19H2,(H,20,25)(H,23,24). The van der Waals surface area contributed by atoms with Crippen LogP contribution < -0.4 is 11.1 Å². The summed E-state index contributed by atoms with van der Waals surface area (Å²) in [7, 11) is 0. The van der Waals surface area contributed by atoms with Crippen molar-refractivity contribution >= 4 is 17.7 Å². The van der Waals surface area contributed by atoms with Gasteiger partial charge in [-0.25, -0.2) is 9.59 Å². The quantitative estimate of drug-likeness (QED) is 0.468. The van der Waals surface area contributed by atoms with Crippen LogP contribution in [0.1, 0.15) is 27.6 Å². The van der Waals surface area contributed by atoms with Crippen LogP contribution in [0.3, 0.4) is 0 Å². The lowest BCUT2D eigenvalue weighted by Gasteiger charge is -2.20. The van der Waals surface area contributed by atoms with E-state index in [1.54, 1.807) is 12.1 Å². The summed E-state index contributed by atoms with van der Waals surface area (Å²) in [5, 5.41) is 31.5. The summed E-state index contributed by atoms with van der Waals surface area (Å²) >= 11 is 0. The monoisotopic (exact) mass is 360 g/mol. The van der Waals surface area contributed by atoms with E-state index in [-0.39, 0.29) is 30.0 Å². The van der Waals surface area contributed by atoms with Gasteiger partial charge in [0.2, 0.25) is 0 Å². The number of aromatic carboxylic acids is 1. The third-order valence-electron chi connectivity index (χ3n) is 3.69. The number of benzene rings is 2. The molecule has 0 aliphatic heterocycles. The maximum absolute atomic E-state index is 11.7. The summed E-state index contributed by atoms with van der Waals surface area (Å²) in [5.41, 5.74) is 6.65. The minimum Gasteiger partial charge on any atom is -0.478 e. The lowest BCUT2D eigenvalue weighted by atomic mass is 10.00. The SMILES string of the molecule is Nc1ccc(C(=O)O)cc1C(O)C(O)CNC(=O)OCc1ccccc1. The minimum absolute atomic E-state index is 0.0665. The topological polar surface area (TPSA) is 142 Å². The van der Waals surface area contributed by atoms with Gasteiger partial charge in [0.15, 0.2) is 0 Å². The Bertz CT molecular complexity index is 766. The number of aliphatic hydroxyl groups is 2. The molecule has 0 aromatic heterocycles. The van der Waals surface area contributed by atoms with E-state index in [1.165, 1.54) is 18.2 Å². The first-order valence-electron chi connectivity index (χ1n) is 7.82. The van der Waals surface area contributed by atoms with Crippen LogP contribution in [-0.4, -0.2) is 40.0 Å². The van der Waals surface area contributed by atoms with Gasteiger partial charge in [-0.2, -0.15) is 0 Å². The lowest BCUT2D eigenvalue weighted by Crippen LogP contribution is -2.36.